The third-order valence-electron chi connectivity index (χ3n) is 2.30. The van der Waals surface area contributed by atoms with Gasteiger partial charge in [-0.25, -0.2) is 5.10 Å². The number of ether oxygens (including phenoxy) is 2. The monoisotopic (exact) mass is 326 g/mol. The standard InChI is InChI=1S/C11H11BrN4O3/c1-18-6-3-4-8(12)7(5-6)9(17)13-10-14-11(19-2)16-15-10/h3-5H,1-2H3,(H2,13,14,15,16,17). The highest BCUT2D eigenvalue weighted by molar-refractivity contribution is 9.10. The smallest absolute Gasteiger partial charge is 0.336 e. The van der Waals surface area contributed by atoms with Crippen LogP contribution in [0.4, 0.5) is 5.95 Å². The second-order valence-electron chi connectivity index (χ2n) is 3.47. The Labute approximate surface area is 117 Å². The molecule has 0 atom stereocenters. The van der Waals surface area contributed by atoms with Crippen molar-refractivity contribution in [1.82, 2.24) is 15.2 Å². The first kappa shape index (κ1) is 13.3. The quantitative estimate of drug-likeness (QED) is 0.894. The summed E-state index contributed by atoms with van der Waals surface area (Å²) >= 11 is 3.31. The molecular formula is C11H11BrN4O3. The summed E-state index contributed by atoms with van der Waals surface area (Å²) in [5, 5.41) is 8.84. The average molecular weight is 327 g/mol. The van der Waals surface area contributed by atoms with Crippen molar-refractivity contribution < 1.29 is 14.3 Å². The van der Waals surface area contributed by atoms with Crippen LogP contribution in [0.1, 0.15) is 10.4 Å². The highest BCUT2D eigenvalue weighted by atomic mass is 79.9. The average Bonchev–Trinajstić information content (AvgIpc) is 2.87. The zero-order chi connectivity index (χ0) is 13.8. The number of carbonyl (C=O) groups excluding carboxylic acids is 1. The molecule has 0 unspecified atom stereocenters. The van der Waals surface area contributed by atoms with E-state index >= 15 is 0 Å². The zero-order valence-electron chi connectivity index (χ0n) is 10.2. The Bertz CT molecular complexity index is 599. The van der Waals surface area contributed by atoms with Gasteiger partial charge in [-0.05, 0) is 34.1 Å². The summed E-state index contributed by atoms with van der Waals surface area (Å²) in [6, 6.07) is 5.25. The molecule has 2 rings (SSSR count). The molecule has 7 nitrogen and oxygen atoms in total. The highest BCUT2D eigenvalue weighted by Gasteiger charge is 2.13. The molecule has 1 heterocycles. The minimum atomic E-state index is -0.343. The second kappa shape index (κ2) is 5.70. The van der Waals surface area contributed by atoms with Crippen LogP contribution in [-0.4, -0.2) is 35.3 Å². The van der Waals surface area contributed by atoms with Crippen molar-refractivity contribution in [2.45, 2.75) is 0 Å². The van der Waals surface area contributed by atoms with Gasteiger partial charge in [-0.3, -0.25) is 10.1 Å². The van der Waals surface area contributed by atoms with Crippen molar-refractivity contribution in [2.24, 2.45) is 0 Å². The van der Waals surface area contributed by atoms with Crippen molar-refractivity contribution in [3.05, 3.63) is 28.2 Å². The Balaban J connectivity index is 2.19. The molecule has 2 aromatic rings. The lowest BCUT2D eigenvalue weighted by Crippen LogP contribution is -2.13. The zero-order valence-corrected chi connectivity index (χ0v) is 11.8. The molecule has 1 aromatic heterocycles. The molecule has 2 N–H and O–H groups in total. The molecule has 0 saturated heterocycles. The molecule has 0 aliphatic heterocycles. The normalized spacial score (nSPS) is 10.1. The third kappa shape index (κ3) is 3.02. The number of aromatic nitrogens is 3. The summed E-state index contributed by atoms with van der Waals surface area (Å²) in [6.45, 7) is 0. The molecule has 0 fully saturated rings. The summed E-state index contributed by atoms with van der Waals surface area (Å²) < 4.78 is 10.5. The van der Waals surface area contributed by atoms with Gasteiger partial charge < -0.3 is 9.47 Å². The van der Waals surface area contributed by atoms with Gasteiger partial charge in [-0.1, -0.05) is 0 Å². The lowest BCUT2D eigenvalue weighted by molar-refractivity contribution is 0.102. The summed E-state index contributed by atoms with van der Waals surface area (Å²) in [5.41, 5.74) is 0.426. The third-order valence-corrected chi connectivity index (χ3v) is 2.99. The molecule has 1 aromatic carbocycles. The largest absolute Gasteiger partial charge is 0.497 e. The number of methoxy groups -OCH3 is 2. The van der Waals surface area contributed by atoms with Gasteiger partial charge in [0.15, 0.2) is 0 Å². The predicted molar refractivity (Wildman–Crippen MR) is 71.6 cm³/mol. The van der Waals surface area contributed by atoms with Gasteiger partial charge in [0.25, 0.3) is 5.91 Å². The molecule has 0 aliphatic carbocycles. The fourth-order valence-electron chi connectivity index (χ4n) is 1.37. The van der Waals surface area contributed by atoms with E-state index in [2.05, 4.69) is 36.4 Å². The van der Waals surface area contributed by atoms with E-state index in [0.717, 1.165) is 0 Å². The van der Waals surface area contributed by atoms with Crippen molar-refractivity contribution in [2.75, 3.05) is 19.5 Å². The van der Waals surface area contributed by atoms with Crippen LogP contribution in [0.25, 0.3) is 0 Å². The number of H-pyrrole nitrogens is 1. The molecular weight excluding hydrogens is 316 g/mol. The van der Waals surface area contributed by atoms with Crippen LogP contribution >= 0.6 is 15.9 Å². The van der Waals surface area contributed by atoms with Gasteiger partial charge in [0.2, 0.25) is 5.95 Å². The van der Waals surface area contributed by atoms with Gasteiger partial charge in [0.05, 0.1) is 19.8 Å². The maximum absolute atomic E-state index is 12.1. The van der Waals surface area contributed by atoms with Crippen LogP contribution in [0.2, 0.25) is 0 Å². The molecule has 0 saturated carbocycles. The molecule has 0 radical (unpaired) electrons. The van der Waals surface area contributed by atoms with Gasteiger partial charge in [-0.2, -0.15) is 4.98 Å². The maximum Gasteiger partial charge on any atom is 0.336 e. The fraction of sp³-hybridized carbons (Fsp3) is 0.182. The number of hydrogen-bond donors (Lipinski definition) is 2. The molecule has 1 amide bonds. The number of amides is 1. The first-order valence-electron chi connectivity index (χ1n) is 5.25. The van der Waals surface area contributed by atoms with Crippen LogP contribution in [0, 0.1) is 0 Å². The van der Waals surface area contributed by atoms with E-state index in [9.17, 15) is 4.79 Å². The number of carbonyl (C=O) groups is 1. The summed E-state index contributed by atoms with van der Waals surface area (Å²) in [7, 11) is 2.97. The van der Waals surface area contributed by atoms with Crippen molar-refractivity contribution in [3.8, 4) is 11.8 Å². The number of hydrogen-bond acceptors (Lipinski definition) is 5. The van der Waals surface area contributed by atoms with Crippen LogP contribution in [0.15, 0.2) is 22.7 Å². The van der Waals surface area contributed by atoms with Gasteiger partial charge >= 0.3 is 6.01 Å². The minimum absolute atomic E-state index is 0.153. The predicted octanol–water partition coefficient (Wildman–Crippen LogP) is 1.84. The molecule has 0 bridgehead atoms. The van der Waals surface area contributed by atoms with E-state index in [-0.39, 0.29) is 17.9 Å². The Hall–Kier alpha value is -2.09. The fourth-order valence-corrected chi connectivity index (χ4v) is 1.80. The van der Waals surface area contributed by atoms with E-state index in [0.29, 0.717) is 15.8 Å². The molecule has 8 heteroatoms. The van der Waals surface area contributed by atoms with Crippen molar-refractivity contribution in [3.63, 3.8) is 0 Å². The molecule has 19 heavy (non-hydrogen) atoms. The first-order chi connectivity index (χ1) is 9.13. The van der Waals surface area contributed by atoms with Crippen LogP contribution in [0.3, 0.4) is 0 Å². The number of nitrogens with zero attached hydrogens (tertiary/aromatic N) is 2. The molecule has 100 valence electrons. The SMILES string of the molecule is COc1ccc(Br)c(C(=O)Nc2nc(OC)n[nH]2)c1. The van der Waals surface area contributed by atoms with Crippen molar-refractivity contribution in [1.29, 1.82) is 0 Å². The summed E-state index contributed by atoms with van der Waals surface area (Å²) in [5.74, 6) is 0.449. The van der Waals surface area contributed by atoms with Gasteiger partial charge in [-0.15, -0.1) is 5.10 Å². The van der Waals surface area contributed by atoms with Crippen molar-refractivity contribution >= 4 is 27.8 Å². The van der Waals surface area contributed by atoms with Gasteiger partial charge in [0, 0.05) is 4.47 Å². The number of anilines is 1. The van der Waals surface area contributed by atoms with E-state index < -0.39 is 0 Å². The number of aromatic amines is 1. The topological polar surface area (TPSA) is 89.1 Å². The lowest BCUT2D eigenvalue weighted by atomic mass is 10.2. The van der Waals surface area contributed by atoms with E-state index in [4.69, 9.17) is 9.47 Å². The van der Waals surface area contributed by atoms with Crippen LogP contribution in [-0.2, 0) is 0 Å². The number of halogens is 1. The Morgan fingerprint density at radius 2 is 2.16 bits per heavy atom. The van der Waals surface area contributed by atoms with E-state index in [1.165, 1.54) is 14.2 Å². The minimum Gasteiger partial charge on any atom is -0.497 e. The Morgan fingerprint density at radius 3 is 2.79 bits per heavy atom. The Kier molecular flexibility index (Phi) is 4.00. The second-order valence-corrected chi connectivity index (χ2v) is 4.32. The molecule has 0 spiro atoms. The summed E-state index contributed by atoms with van der Waals surface area (Å²) in [4.78, 5) is 16.0. The number of nitrogens with one attached hydrogen (secondary N) is 2. The van der Waals surface area contributed by atoms with Gasteiger partial charge in [0.1, 0.15) is 5.75 Å². The lowest BCUT2D eigenvalue weighted by Gasteiger charge is -2.06. The molecule has 0 aliphatic rings. The van der Waals surface area contributed by atoms with E-state index in [1.54, 1.807) is 18.2 Å². The van der Waals surface area contributed by atoms with Crippen LogP contribution in [0.5, 0.6) is 11.8 Å². The highest BCUT2D eigenvalue weighted by Crippen LogP contribution is 2.23. The summed E-state index contributed by atoms with van der Waals surface area (Å²) in [6.07, 6.45) is 0. The first-order valence-corrected chi connectivity index (χ1v) is 6.04. The van der Waals surface area contributed by atoms with E-state index in [1.807, 2.05) is 0 Å². The number of rotatable bonds is 4. The number of benzene rings is 1. The Morgan fingerprint density at radius 1 is 1.37 bits per heavy atom. The maximum atomic E-state index is 12.1. The van der Waals surface area contributed by atoms with Crippen LogP contribution < -0.4 is 14.8 Å².